The van der Waals surface area contributed by atoms with Crippen LogP contribution in [-0.2, 0) is 22.4 Å². The molecule has 4 heteroatoms. The average molecular weight is 347 g/mol. The van der Waals surface area contributed by atoms with E-state index in [1.165, 1.54) is 0 Å². The summed E-state index contributed by atoms with van der Waals surface area (Å²) >= 11 is 0. The number of hydrogen-bond acceptors (Lipinski definition) is 2. The van der Waals surface area contributed by atoms with E-state index in [-0.39, 0.29) is 18.7 Å². The van der Waals surface area contributed by atoms with Gasteiger partial charge in [0.1, 0.15) is 5.54 Å². The van der Waals surface area contributed by atoms with Gasteiger partial charge < -0.3 is 10.4 Å². The summed E-state index contributed by atoms with van der Waals surface area (Å²) in [6.07, 6.45) is 0.370. The van der Waals surface area contributed by atoms with E-state index in [0.717, 1.165) is 21.9 Å². The minimum Gasteiger partial charge on any atom is -0.480 e. The lowest BCUT2D eigenvalue weighted by Crippen LogP contribution is -2.54. The van der Waals surface area contributed by atoms with Crippen molar-refractivity contribution >= 4 is 22.6 Å². The van der Waals surface area contributed by atoms with E-state index < -0.39 is 11.5 Å². The molecular formula is C22H21NO3. The molecule has 4 nitrogen and oxygen atoms in total. The number of nitrogens with one attached hydrogen (secondary N) is 1. The SMILES string of the molecule is CC(Cc1ccccc1)(NC(=O)Cc1ccc2ccccc2c1)C(=O)O. The van der Waals surface area contributed by atoms with Gasteiger partial charge in [-0.25, -0.2) is 4.79 Å². The minimum atomic E-state index is -1.35. The normalized spacial score (nSPS) is 13.1. The third kappa shape index (κ3) is 4.09. The molecule has 1 amide bonds. The van der Waals surface area contributed by atoms with Crippen molar-refractivity contribution in [2.24, 2.45) is 0 Å². The van der Waals surface area contributed by atoms with Gasteiger partial charge in [-0.05, 0) is 28.8 Å². The summed E-state index contributed by atoms with van der Waals surface area (Å²) in [6, 6.07) is 23.1. The molecular weight excluding hydrogens is 326 g/mol. The number of carbonyl (C=O) groups excluding carboxylic acids is 1. The number of carboxylic acids is 1. The lowest BCUT2D eigenvalue weighted by molar-refractivity contribution is -0.146. The molecule has 0 heterocycles. The third-order valence-corrected chi connectivity index (χ3v) is 4.47. The quantitative estimate of drug-likeness (QED) is 0.716. The molecule has 1 atom stereocenters. The van der Waals surface area contributed by atoms with Crippen LogP contribution in [0.3, 0.4) is 0 Å². The number of benzene rings is 3. The lowest BCUT2D eigenvalue weighted by Gasteiger charge is -2.26. The first-order valence-corrected chi connectivity index (χ1v) is 8.52. The molecule has 0 aromatic heterocycles. The van der Waals surface area contributed by atoms with Gasteiger partial charge in [0.2, 0.25) is 5.91 Å². The summed E-state index contributed by atoms with van der Waals surface area (Å²) in [5.74, 6) is -1.35. The molecule has 1 unspecified atom stereocenters. The second kappa shape index (κ2) is 7.40. The Kier molecular flexibility index (Phi) is 5.03. The minimum absolute atomic E-state index is 0.141. The zero-order valence-corrected chi connectivity index (χ0v) is 14.6. The van der Waals surface area contributed by atoms with Crippen molar-refractivity contribution in [2.45, 2.75) is 25.3 Å². The Morgan fingerprint density at radius 2 is 1.54 bits per heavy atom. The zero-order chi connectivity index (χ0) is 18.6. The Balaban J connectivity index is 1.74. The van der Waals surface area contributed by atoms with Gasteiger partial charge in [-0.15, -0.1) is 0 Å². The second-order valence-electron chi connectivity index (χ2n) is 6.71. The van der Waals surface area contributed by atoms with Crippen LogP contribution in [0, 0.1) is 0 Å². The molecule has 0 spiro atoms. The highest BCUT2D eigenvalue weighted by atomic mass is 16.4. The topological polar surface area (TPSA) is 66.4 Å². The van der Waals surface area contributed by atoms with Gasteiger partial charge in [0.05, 0.1) is 6.42 Å². The van der Waals surface area contributed by atoms with Gasteiger partial charge in [-0.1, -0.05) is 72.8 Å². The summed E-state index contributed by atoms with van der Waals surface area (Å²) in [4.78, 5) is 24.3. The molecule has 0 aliphatic heterocycles. The van der Waals surface area contributed by atoms with Crippen LogP contribution in [0.1, 0.15) is 18.1 Å². The van der Waals surface area contributed by atoms with Gasteiger partial charge >= 0.3 is 5.97 Å². The van der Waals surface area contributed by atoms with Crippen LogP contribution in [0.4, 0.5) is 0 Å². The molecule has 132 valence electrons. The van der Waals surface area contributed by atoms with Crippen molar-refractivity contribution in [3.63, 3.8) is 0 Å². The van der Waals surface area contributed by atoms with Crippen molar-refractivity contribution in [2.75, 3.05) is 0 Å². The van der Waals surface area contributed by atoms with E-state index in [9.17, 15) is 14.7 Å². The van der Waals surface area contributed by atoms with Crippen LogP contribution in [0.5, 0.6) is 0 Å². The number of fused-ring (bicyclic) bond motifs is 1. The lowest BCUT2D eigenvalue weighted by atomic mass is 9.92. The van der Waals surface area contributed by atoms with Gasteiger partial charge in [0.15, 0.2) is 0 Å². The summed E-state index contributed by atoms with van der Waals surface area (Å²) in [7, 11) is 0. The average Bonchev–Trinajstić information content (AvgIpc) is 2.62. The fourth-order valence-corrected chi connectivity index (χ4v) is 3.06. The van der Waals surface area contributed by atoms with Gasteiger partial charge in [-0.3, -0.25) is 4.79 Å². The van der Waals surface area contributed by atoms with Crippen LogP contribution < -0.4 is 5.32 Å². The molecule has 3 aromatic rings. The molecule has 0 bridgehead atoms. The monoisotopic (exact) mass is 347 g/mol. The number of amides is 1. The fourth-order valence-electron chi connectivity index (χ4n) is 3.06. The van der Waals surface area contributed by atoms with Crippen molar-refractivity contribution in [3.8, 4) is 0 Å². The fraction of sp³-hybridized carbons (Fsp3) is 0.182. The molecule has 0 aliphatic rings. The maximum atomic E-state index is 12.5. The van der Waals surface area contributed by atoms with Crippen LogP contribution in [-0.4, -0.2) is 22.5 Å². The van der Waals surface area contributed by atoms with Crippen molar-refractivity contribution in [1.29, 1.82) is 0 Å². The van der Waals surface area contributed by atoms with E-state index in [1.54, 1.807) is 6.92 Å². The van der Waals surface area contributed by atoms with Crippen molar-refractivity contribution in [3.05, 3.63) is 83.9 Å². The van der Waals surface area contributed by atoms with Gasteiger partial charge in [0, 0.05) is 6.42 Å². The van der Waals surface area contributed by atoms with E-state index in [0.29, 0.717) is 0 Å². The molecule has 0 fully saturated rings. The highest BCUT2D eigenvalue weighted by Crippen LogP contribution is 2.17. The third-order valence-electron chi connectivity index (χ3n) is 4.47. The van der Waals surface area contributed by atoms with E-state index in [4.69, 9.17) is 0 Å². The van der Waals surface area contributed by atoms with Crippen LogP contribution >= 0.6 is 0 Å². The largest absolute Gasteiger partial charge is 0.480 e. The van der Waals surface area contributed by atoms with E-state index >= 15 is 0 Å². The summed E-state index contributed by atoms with van der Waals surface area (Å²) < 4.78 is 0. The number of rotatable bonds is 6. The van der Waals surface area contributed by atoms with E-state index in [1.807, 2.05) is 72.8 Å². The molecule has 3 aromatic carbocycles. The summed E-state index contributed by atoms with van der Waals surface area (Å²) in [5.41, 5.74) is 0.368. The van der Waals surface area contributed by atoms with Gasteiger partial charge in [0.25, 0.3) is 0 Å². The first-order valence-electron chi connectivity index (χ1n) is 8.52. The first-order chi connectivity index (χ1) is 12.5. The zero-order valence-electron chi connectivity index (χ0n) is 14.6. The molecule has 0 saturated carbocycles. The maximum absolute atomic E-state index is 12.5. The highest BCUT2D eigenvalue weighted by molar-refractivity contribution is 5.89. The summed E-state index contributed by atoms with van der Waals surface area (Å²) in [5, 5.41) is 14.5. The predicted octanol–water partition coefficient (Wildman–Crippen LogP) is 3.58. The Labute approximate surface area is 152 Å². The number of carbonyl (C=O) groups is 2. The molecule has 0 aliphatic carbocycles. The number of hydrogen-bond donors (Lipinski definition) is 2. The Bertz CT molecular complexity index is 936. The Hall–Kier alpha value is -3.14. The predicted molar refractivity (Wildman–Crippen MR) is 102 cm³/mol. The first kappa shape index (κ1) is 17.7. The second-order valence-corrected chi connectivity index (χ2v) is 6.71. The van der Waals surface area contributed by atoms with Crippen LogP contribution in [0.15, 0.2) is 72.8 Å². The molecule has 3 rings (SSSR count). The van der Waals surface area contributed by atoms with Gasteiger partial charge in [-0.2, -0.15) is 0 Å². The smallest absolute Gasteiger partial charge is 0.329 e. The molecule has 26 heavy (non-hydrogen) atoms. The standard InChI is InChI=1S/C22H21NO3/c1-22(21(25)26,15-16-7-3-2-4-8-16)23-20(24)14-17-11-12-18-9-5-6-10-19(18)13-17/h2-13H,14-15H2,1H3,(H,23,24)(H,25,26). The molecule has 0 saturated heterocycles. The number of carboxylic acid groups (broad SMARTS) is 1. The molecule has 0 radical (unpaired) electrons. The maximum Gasteiger partial charge on any atom is 0.329 e. The Morgan fingerprint density at radius 1 is 0.885 bits per heavy atom. The summed E-state index contributed by atoms with van der Waals surface area (Å²) in [6.45, 7) is 1.54. The highest BCUT2D eigenvalue weighted by Gasteiger charge is 2.34. The van der Waals surface area contributed by atoms with Crippen molar-refractivity contribution in [1.82, 2.24) is 5.32 Å². The Morgan fingerprint density at radius 3 is 2.23 bits per heavy atom. The van der Waals surface area contributed by atoms with Crippen LogP contribution in [0.25, 0.3) is 10.8 Å². The number of aliphatic carboxylic acids is 1. The van der Waals surface area contributed by atoms with E-state index in [2.05, 4.69) is 5.32 Å². The van der Waals surface area contributed by atoms with Crippen LogP contribution in [0.2, 0.25) is 0 Å². The molecule has 2 N–H and O–H groups in total. The van der Waals surface area contributed by atoms with Crippen molar-refractivity contribution < 1.29 is 14.7 Å².